The Balaban J connectivity index is 0.000000200. The molecule has 1 radical (unpaired) electrons. The van der Waals surface area contributed by atoms with Gasteiger partial charge in [-0.25, -0.2) is 0 Å². The maximum absolute atomic E-state index is 11.8. The largest absolute Gasteiger partial charge is 2.00 e. The second-order valence-corrected chi connectivity index (χ2v) is 17.0. The average Bonchev–Trinajstić information content (AvgIpc) is 2.96. The summed E-state index contributed by atoms with van der Waals surface area (Å²) in [6, 6.07) is 0. The zero-order valence-electron chi connectivity index (χ0n) is 29.2. The van der Waals surface area contributed by atoms with Gasteiger partial charge in [0.15, 0.2) is 0 Å². The summed E-state index contributed by atoms with van der Waals surface area (Å²) in [5, 5.41) is 23.7. The summed E-state index contributed by atoms with van der Waals surface area (Å²) >= 11 is 0. The van der Waals surface area contributed by atoms with Crippen molar-refractivity contribution >= 4 is 11.9 Å². The molecule has 0 amide bonds. The number of aliphatic carboxylic acids is 2. The Kier molecular flexibility index (Phi) is 10.6. The third-order valence-electron chi connectivity index (χ3n) is 14.1. The van der Waals surface area contributed by atoms with E-state index in [1.807, 2.05) is 13.8 Å². The van der Waals surface area contributed by atoms with Crippen LogP contribution in [-0.4, -0.2) is 11.9 Å². The summed E-state index contributed by atoms with van der Waals surface area (Å²) in [5.41, 5.74) is 5.01. The molecular weight excluding hydrogens is 608 g/mol. The van der Waals surface area contributed by atoms with E-state index in [0.717, 1.165) is 51.4 Å². The van der Waals surface area contributed by atoms with Crippen molar-refractivity contribution in [3.05, 3.63) is 46.6 Å². The number of hydrogen-bond acceptors (Lipinski definition) is 4. The molecule has 0 heterocycles. The maximum atomic E-state index is 11.8. The summed E-state index contributed by atoms with van der Waals surface area (Å²) in [6.07, 6.45) is 21.9. The van der Waals surface area contributed by atoms with Gasteiger partial charge in [-0.05, 0) is 122 Å². The van der Waals surface area contributed by atoms with Gasteiger partial charge in [-0.3, -0.25) is 0 Å². The topological polar surface area (TPSA) is 80.3 Å². The van der Waals surface area contributed by atoms with Crippen LogP contribution in [-0.2, 0) is 26.7 Å². The van der Waals surface area contributed by atoms with Gasteiger partial charge in [0.2, 0.25) is 0 Å². The normalized spacial score (nSPS) is 40.4. The van der Waals surface area contributed by atoms with Crippen molar-refractivity contribution in [2.24, 2.45) is 57.2 Å². The van der Waals surface area contributed by atoms with Gasteiger partial charge < -0.3 is 19.8 Å². The standard InChI is InChI=1S/2C20H30O2.Cu/c2*1-13(2)14-6-8-16-15(12-14)7-9-17-19(16,3)10-5-11-20(17,4)18(21)22;/h2*7,12-13,16-17H,5-6,8-11H2,1-4H3,(H,21,22);/q;;+2/p-2. The fraction of sp³-hybridized carbons (Fsp3) is 0.750. The zero-order chi connectivity index (χ0) is 32.2. The maximum Gasteiger partial charge on any atom is 2.00 e. The first kappa shape index (κ1) is 36.3. The molecule has 4 nitrogen and oxygen atoms in total. The molecule has 0 aromatic rings. The first-order valence-corrected chi connectivity index (χ1v) is 17.8. The van der Waals surface area contributed by atoms with Gasteiger partial charge in [0.1, 0.15) is 0 Å². The molecule has 6 rings (SSSR count). The Morgan fingerprint density at radius 1 is 0.667 bits per heavy atom. The van der Waals surface area contributed by atoms with E-state index in [1.54, 1.807) is 11.1 Å². The van der Waals surface area contributed by atoms with E-state index in [-0.39, 0.29) is 39.7 Å². The number of fused-ring (bicyclic) bond motifs is 6. The second kappa shape index (κ2) is 13.1. The molecule has 45 heavy (non-hydrogen) atoms. The number of rotatable bonds is 4. The van der Waals surface area contributed by atoms with Crippen LogP contribution in [0.3, 0.4) is 0 Å². The molecule has 0 aromatic carbocycles. The molecule has 6 aliphatic rings. The van der Waals surface area contributed by atoms with Gasteiger partial charge >= 0.3 is 17.1 Å². The van der Waals surface area contributed by atoms with Crippen LogP contribution in [0, 0.1) is 57.2 Å². The molecule has 5 heteroatoms. The van der Waals surface area contributed by atoms with Crippen molar-refractivity contribution in [1.82, 2.24) is 0 Å². The molecule has 6 aliphatic carbocycles. The van der Waals surface area contributed by atoms with Crippen LogP contribution >= 0.6 is 0 Å². The third kappa shape index (κ3) is 6.12. The van der Waals surface area contributed by atoms with E-state index in [0.29, 0.717) is 23.7 Å². The van der Waals surface area contributed by atoms with Gasteiger partial charge in [0.25, 0.3) is 0 Å². The number of carboxylic acids is 2. The number of carbonyl (C=O) groups excluding carboxylic acids is 2. The Labute approximate surface area is 284 Å². The van der Waals surface area contributed by atoms with Crippen molar-refractivity contribution in [2.45, 2.75) is 132 Å². The Morgan fingerprint density at radius 3 is 1.33 bits per heavy atom. The second-order valence-electron chi connectivity index (χ2n) is 17.0. The smallest absolute Gasteiger partial charge is 0.550 e. The molecule has 0 aliphatic heterocycles. The van der Waals surface area contributed by atoms with E-state index < -0.39 is 22.8 Å². The number of hydrogen-bond donors (Lipinski definition) is 0. The Morgan fingerprint density at radius 2 is 1.02 bits per heavy atom. The summed E-state index contributed by atoms with van der Waals surface area (Å²) in [5.74, 6) is 1.08. The van der Waals surface area contributed by atoms with Crippen molar-refractivity contribution in [2.75, 3.05) is 0 Å². The van der Waals surface area contributed by atoms with Crippen LogP contribution in [0.1, 0.15) is 132 Å². The predicted octanol–water partition coefficient (Wildman–Crippen LogP) is 7.74. The van der Waals surface area contributed by atoms with Gasteiger partial charge in [-0.1, -0.05) is 104 Å². The van der Waals surface area contributed by atoms with Crippen molar-refractivity contribution < 1.29 is 36.9 Å². The Bertz CT molecular complexity index is 1190. The quantitative estimate of drug-likeness (QED) is 0.288. The van der Waals surface area contributed by atoms with Gasteiger partial charge in [0.05, 0.1) is 0 Å². The molecule has 2 fully saturated rings. The third-order valence-corrected chi connectivity index (χ3v) is 14.1. The first-order chi connectivity index (χ1) is 20.6. The minimum absolute atomic E-state index is 0. The van der Waals surface area contributed by atoms with Crippen LogP contribution in [0.2, 0.25) is 0 Å². The van der Waals surface area contributed by atoms with Gasteiger partial charge in [-0.15, -0.1) is 0 Å². The van der Waals surface area contributed by atoms with E-state index in [4.69, 9.17) is 0 Å². The van der Waals surface area contributed by atoms with Gasteiger partial charge in [-0.2, -0.15) is 0 Å². The molecule has 0 N–H and O–H groups in total. The van der Waals surface area contributed by atoms with E-state index in [2.05, 4.69) is 65.8 Å². The fourth-order valence-corrected chi connectivity index (χ4v) is 11.2. The number of allylic oxidation sites excluding steroid dienone is 8. The minimum Gasteiger partial charge on any atom is -0.550 e. The van der Waals surface area contributed by atoms with Crippen molar-refractivity contribution in [3.63, 3.8) is 0 Å². The van der Waals surface area contributed by atoms with Crippen molar-refractivity contribution in [1.29, 1.82) is 0 Å². The monoisotopic (exact) mass is 665 g/mol. The molecule has 0 aromatic heterocycles. The van der Waals surface area contributed by atoms with E-state index in [9.17, 15) is 19.8 Å². The summed E-state index contributed by atoms with van der Waals surface area (Å²) in [6.45, 7) is 17.7. The molecule has 2 saturated carbocycles. The molecular formula is C40H58CuO4. The average molecular weight is 666 g/mol. The van der Waals surface area contributed by atoms with Crippen LogP contribution < -0.4 is 10.2 Å². The molecule has 0 spiro atoms. The van der Waals surface area contributed by atoms with Crippen LogP contribution in [0.4, 0.5) is 0 Å². The summed E-state index contributed by atoms with van der Waals surface area (Å²) in [4.78, 5) is 23.7. The molecule has 0 bridgehead atoms. The van der Waals surface area contributed by atoms with Crippen LogP contribution in [0.5, 0.6) is 0 Å². The molecule has 8 unspecified atom stereocenters. The molecule has 253 valence electrons. The minimum atomic E-state index is -0.838. The van der Waals surface area contributed by atoms with Crippen molar-refractivity contribution in [3.8, 4) is 0 Å². The summed E-state index contributed by atoms with van der Waals surface area (Å²) in [7, 11) is 0. The number of carbonyl (C=O) groups is 2. The van der Waals surface area contributed by atoms with Crippen LogP contribution in [0.25, 0.3) is 0 Å². The molecule has 0 saturated heterocycles. The zero-order valence-corrected chi connectivity index (χ0v) is 30.1. The molecule has 8 atom stereocenters. The van der Waals surface area contributed by atoms with E-state index >= 15 is 0 Å². The van der Waals surface area contributed by atoms with Crippen LogP contribution in [0.15, 0.2) is 46.6 Å². The summed E-state index contributed by atoms with van der Waals surface area (Å²) < 4.78 is 0. The van der Waals surface area contributed by atoms with Gasteiger partial charge in [0, 0.05) is 22.8 Å². The predicted molar refractivity (Wildman–Crippen MR) is 174 cm³/mol. The Hall–Kier alpha value is -1.58. The fourth-order valence-electron chi connectivity index (χ4n) is 11.2. The number of carboxylic acid groups (broad SMARTS) is 2. The first-order valence-electron chi connectivity index (χ1n) is 17.8. The van der Waals surface area contributed by atoms with E-state index in [1.165, 1.54) is 36.8 Å². The SMILES string of the molecule is CC(C)C1=CC2=CCC3C(C)(C(=O)[O-])CCCC3(C)C2CC1.CC(C)C1=CC2=CCC3C(C)(C(=O)[O-])CCCC3(C)C2CC1.[Cu+2].